The third kappa shape index (κ3) is 3.22. The Balaban J connectivity index is 2.42. The van der Waals surface area contributed by atoms with Crippen molar-refractivity contribution in [3.8, 4) is 0 Å². The van der Waals surface area contributed by atoms with Crippen molar-refractivity contribution in [3.05, 3.63) is 34.9 Å². The Morgan fingerprint density at radius 1 is 1.25 bits per heavy atom. The Labute approximate surface area is 123 Å². The van der Waals surface area contributed by atoms with Crippen LogP contribution in [0.3, 0.4) is 0 Å². The van der Waals surface area contributed by atoms with Gasteiger partial charge in [0.25, 0.3) is 0 Å². The van der Waals surface area contributed by atoms with Crippen molar-refractivity contribution in [2.75, 3.05) is 32.8 Å². The highest BCUT2D eigenvalue weighted by Gasteiger charge is 2.36. The van der Waals surface area contributed by atoms with E-state index in [0.717, 1.165) is 26.2 Å². The topological polar surface area (TPSA) is 35.5 Å². The molecule has 112 valence electrons. The molecule has 1 aliphatic rings. The normalized spacial score (nSPS) is 19.1. The van der Waals surface area contributed by atoms with E-state index in [-0.39, 0.29) is 18.1 Å². The van der Waals surface area contributed by atoms with E-state index in [2.05, 4.69) is 56.1 Å². The number of aliphatic hydroxyl groups is 1. The molecule has 1 aromatic carbocycles. The molecular weight excluding hydrogens is 248 g/mol. The monoisotopic (exact) mass is 276 g/mol. The molecule has 2 N–H and O–H groups in total. The van der Waals surface area contributed by atoms with Crippen LogP contribution >= 0.6 is 0 Å². The lowest BCUT2D eigenvalue weighted by atomic mass is 9.78. The number of piperazine rings is 1. The van der Waals surface area contributed by atoms with Crippen molar-refractivity contribution in [1.82, 2.24) is 10.2 Å². The first-order chi connectivity index (χ1) is 9.45. The van der Waals surface area contributed by atoms with Gasteiger partial charge >= 0.3 is 0 Å². The fraction of sp³-hybridized carbons (Fsp3) is 0.647. The fourth-order valence-electron chi connectivity index (χ4n) is 3.19. The summed E-state index contributed by atoms with van der Waals surface area (Å²) < 4.78 is 0. The van der Waals surface area contributed by atoms with Gasteiger partial charge in [0, 0.05) is 44.2 Å². The second kappa shape index (κ2) is 6.25. The van der Waals surface area contributed by atoms with Gasteiger partial charge in [-0.3, -0.25) is 4.90 Å². The predicted octanol–water partition coefficient (Wildman–Crippen LogP) is 2.27. The van der Waals surface area contributed by atoms with Gasteiger partial charge in [0.1, 0.15) is 0 Å². The Hall–Kier alpha value is -0.900. The summed E-state index contributed by atoms with van der Waals surface area (Å²) in [4.78, 5) is 2.52. The van der Waals surface area contributed by atoms with Gasteiger partial charge in [0.2, 0.25) is 0 Å². The first-order valence-corrected chi connectivity index (χ1v) is 7.58. The number of nitrogens with one attached hydrogen (secondary N) is 1. The molecule has 1 heterocycles. The number of aryl methyl sites for hydroxylation is 2. The molecule has 0 amide bonds. The summed E-state index contributed by atoms with van der Waals surface area (Å²) in [5.74, 6) is 0. The highest BCUT2D eigenvalue weighted by Crippen LogP contribution is 2.39. The van der Waals surface area contributed by atoms with Crippen molar-refractivity contribution in [2.24, 2.45) is 5.41 Å². The van der Waals surface area contributed by atoms with E-state index in [1.165, 1.54) is 16.7 Å². The van der Waals surface area contributed by atoms with Crippen LogP contribution in [0, 0.1) is 19.3 Å². The average Bonchev–Trinajstić information content (AvgIpc) is 2.44. The minimum Gasteiger partial charge on any atom is -0.396 e. The third-order valence-electron chi connectivity index (χ3n) is 4.39. The molecule has 1 aliphatic heterocycles. The summed E-state index contributed by atoms with van der Waals surface area (Å²) >= 11 is 0. The maximum atomic E-state index is 9.87. The first-order valence-electron chi connectivity index (χ1n) is 7.58. The summed E-state index contributed by atoms with van der Waals surface area (Å²) in [6.45, 7) is 13.0. The molecular formula is C17H28N2O. The molecule has 1 saturated heterocycles. The van der Waals surface area contributed by atoms with Crippen LogP contribution in [0.5, 0.6) is 0 Å². The van der Waals surface area contributed by atoms with E-state index in [0.29, 0.717) is 0 Å². The maximum Gasteiger partial charge on any atom is 0.0500 e. The van der Waals surface area contributed by atoms with Gasteiger partial charge in [-0.2, -0.15) is 0 Å². The standard InChI is InChI=1S/C17H28N2O/c1-13-5-6-14(2)15(11-13)16(17(3,4)12-20)19-9-7-18-8-10-19/h5-6,11,16,18,20H,7-10,12H2,1-4H3/t16-/m1/s1. The van der Waals surface area contributed by atoms with Crippen molar-refractivity contribution in [1.29, 1.82) is 0 Å². The Bertz CT molecular complexity index is 450. The molecule has 0 unspecified atom stereocenters. The molecule has 20 heavy (non-hydrogen) atoms. The predicted molar refractivity (Wildman–Crippen MR) is 84.0 cm³/mol. The van der Waals surface area contributed by atoms with Crippen molar-refractivity contribution >= 4 is 0 Å². The lowest BCUT2D eigenvalue weighted by molar-refractivity contribution is 0.0302. The van der Waals surface area contributed by atoms with Crippen molar-refractivity contribution in [3.63, 3.8) is 0 Å². The van der Waals surface area contributed by atoms with Crippen LogP contribution in [0.25, 0.3) is 0 Å². The van der Waals surface area contributed by atoms with Crippen LogP contribution in [-0.2, 0) is 0 Å². The van der Waals surface area contributed by atoms with Gasteiger partial charge in [0.05, 0.1) is 0 Å². The van der Waals surface area contributed by atoms with Crippen molar-refractivity contribution < 1.29 is 5.11 Å². The van der Waals surface area contributed by atoms with Crippen LogP contribution in [0.15, 0.2) is 18.2 Å². The van der Waals surface area contributed by atoms with Gasteiger partial charge in [-0.1, -0.05) is 37.6 Å². The fourth-order valence-corrected chi connectivity index (χ4v) is 3.19. The number of hydrogen-bond donors (Lipinski definition) is 2. The van der Waals surface area contributed by atoms with Crippen LogP contribution < -0.4 is 5.32 Å². The van der Waals surface area contributed by atoms with Gasteiger partial charge in [-0.25, -0.2) is 0 Å². The van der Waals surface area contributed by atoms with Crippen LogP contribution in [0.2, 0.25) is 0 Å². The zero-order valence-electron chi connectivity index (χ0n) is 13.2. The van der Waals surface area contributed by atoms with Gasteiger partial charge in [0.15, 0.2) is 0 Å². The number of aliphatic hydroxyl groups excluding tert-OH is 1. The molecule has 3 heteroatoms. The molecule has 0 bridgehead atoms. The summed E-state index contributed by atoms with van der Waals surface area (Å²) in [5, 5.41) is 13.3. The smallest absolute Gasteiger partial charge is 0.0500 e. The molecule has 0 aliphatic carbocycles. The van der Waals surface area contributed by atoms with E-state index >= 15 is 0 Å². The second-order valence-electron chi connectivity index (χ2n) is 6.70. The summed E-state index contributed by atoms with van der Waals surface area (Å²) in [6.07, 6.45) is 0. The van der Waals surface area contributed by atoms with Crippen LogP contribution in [-0.4, -0.2) is 42.8 Å². The van der Waals surface area contributed by atoms with Crippen molar-refractivity contribution in [2.45, 2.75) is 33.7 Å². The van der Waals surface area contributed by atoms with Gasteiger partial charge in [-0.05, 0) is 25.0 Å². The average molecular weight is 276 g/mol. The first kappa shape index (κ1) is 15.5. The van der Waals surface area contributed by atoms with Crippen LogP contribution in [0.4, 0.5) is 0 Å². The number of rotatable bonds is 4. The third-order valence-corrected chi connectivity index (χ3v) is 4.39. The molecule has 1 aromatic rings. The molecule has 1 atom stereocenters. The zero-order valence-corrected chi connectivity index (χ0v) is 13.2. The van der Waals surface area contributed by atoms with E-state index in [4.69, 9.17) is 0 Å². The number of hydrogen-bond acceptors (Lipinski definition) is 3. The molecule has 0 spiro atoms. The number of benzene rings is 1. The molecule has 0 radical (unpaired) electrons. The van der Waals surface area contributed by atoms with E-state index < -0.39 is 0 Å². The largest absolute Gasteiger partial charge is 0.396 e. The molecule has 1 fully saturated rings. The maximum absolute atomic E-state index is 9.87. The molecule has 0 saturated carbocycles. The molecule has 3 nitrogen and oxygen atoms in total. The lowest BCUT2D eigenvalue weighted by Crippen LogP contribution is -2.49. The SMILES string of the molecule is Cc1ccc(C)c([C@@H](N2CCNCC2)C(C)(C)CO)c1. The highest BCUT2D eigenvalue weighted by molar-refractivity contribution is 5.34. The van der Waals surface area contributed by atoms with Gasteiger partial charge < -0.3 is 10.4 Å². The van der Waals surface area contributed by atoms with Gasteiger partial charge in [-0.15, -0.1) is 0 Å². The van der Waals surface area contributed by atoms with E-state index in [1.54, 1.807) is 0 Å². The van der Waals surface area contributed by atoms with E-state index in [9.17, 15) is 5.11 Å². The Morgan fingerprint density at radius 2 is 1.90 bits per heavy atom. The number of nitrogens with zero attached hydrogens (tertiary/aromatic N) is 1. The second-order valence-corrected chi connectivity index (χ2v) is 6.70. The van der Waals surface area contributed by atoms with E-state index in [1.807, 2.05) is 0 Å². The zero-order chi connectivity index (χ0) is 14.8. The summed E-state index contributed by atoms with van der Waals surface area (Å²) in [5.41, 5.74) is 3.83. The Kier molecular flexibility index (Phi) is 4.84. The highest BCUT2D eigenvalue weighted by atomic mass is 16.3. The molecule has 0 aromatic heterocycles. The minimum absolute atomic E-state index is 0.143. The molecule has 2 rings (SSSR count). The summed E-state index contributed by atoms with van der Waals surface area (Å²) in [6, 6.07) is 6.93. The minimum atomic E-state index is -0.143. The lowest BCUT2D eigenvalue weighted by Gasteiger charge is -2.44. The Morgan fingerprint density at radius 3 is 2.50 bits per heavy atom. The quantitative estimate of drug-likeness (QED) is 0.885. The van der Waals surface area contributed by atoms with Crippen LogP contribution in [0.1, 0.15) is 36.6 Å². The summed E-state index contributed by atoms with van der Waals surface area (Å²) in [7, 11) is 0.